The van der Waals surface area contributed by atoms with Crippen LogP contribution in [0.4, 0.5) is 5.69 Å². The number of carbonyl (C=O) groups is 2. The van der Waals surface area contributed by atoms with Gasteiger partial charge in [0.15, 0.2) is 5.16 Å². The van der Waals surface area contributed by atoms with Gasteiger partial charge in [0.05, 0.1) is 17.9 Å². The first-order chi connectivity index (χ1) is 15.6. The second-order valence-corrected chi connectivity index (χ2v) is 8.52. The minimum Gasteiger partial charge on any atom is -0.462 e. The second kappa shape index (κ2) is 9.99. The second-order valence-electron chi connectivity index (χ2n) is 7.58. The highest BCUT2D eigenvalue weighted by atomic mass is 32.2. The molecule has 1 saturated carbocycles. The molecule has 0 spiro atoms. The lowest BCUT2D eigenvalue weighted by Gasteiger charge is -2.08. The van der Waals surface area contributed by atoms with Gasteiger partial charge in [0.25, 0.3) is 0 Å². The Morgan fingerprint density at radius 3 is 2.50 bits per heavy atom. The number of hydrogen-bond acceptors (Lipinski definition) is 6. The van der Waals surface area contributed by atoms with E-state index in [1.165, 1.54) is 17.3 Å². The molecule has 32 heavy (non-hydrogen) atoms. The van der Waals surface area contributed by atoms with Crippen molar-refractivity contribution in [2.24, 2.45) is 0 Å². The fourth-order valence-corrected chi connectivity index (χ4v) is 4.57. The number of ether oxygens (including phenoxy) is 1. The van der Waals surface area contributed by atoms with Crippen LogP contribution in [0, 0.1) is 0 Å². The summed E-state index contributed by atoms with van der Waals surface area (Å²) >= 11 is 1.38. The Morgan fingerprint density at radius 1 is 1.06 bits per heavy atom. The Bertz CT molecular complexity index is 1080. The largest absolute Gasteiger partial charge is 0.462 e. The van der Waals surface area contributed by atoms with Gasteiger partial charge in [-0.3, -0.25) is 4.79 Å². The lowest BCUT2D eigenvalue weighted by molar-refractivity contribution is -0.113. The third kappa shape index (κ3) is 5.02. The van der Waals surface area contributed by atoms with Crippen LogP contribution >= 0.6 is 11.8 Å². The van der Waals surface area contributed by atoms with Crippen molar-refractivity contribution >= 4 is 29.3 Å². The average Bonchev–Trinajstić information content (AvgIpc) is 3.51. The molecule has 4 rings (SSSR count). The number of nitrogens with one attached hydrogen (secondary N) is 1. The molecule has 3 aromatic rings. The average molecular weight is 451 g/mol. The van der Waals surface area contributed by atoms with Crippen molar-refractivity contribution in [3.8, 4) is 0 Å². The zero-order valence-corrected chi connectivity index (χ0v) is 19.0. The monoisotopic (exact) mass is 450 g/mol. The Hall–Kier alpha value is -3.13. The standard InChI is InChI=1S/C24H26N4O3S/c1-3-28-22(20-14-19(20)16-8-6-5-7-9-16)26-27-24(28)32-15-21(29)25-18-12-10-17(11-13-18)23(30)31-4-2/h5-13,19-20H,3-4,14-15H2,1-2H3,(H,25,29). The first-order valence-electron chi connectivity index (χ1n) is 10.8. The van der Waals surface area contributed by atoms with E-state index in [2.05, 4.69) is 51.3 Å². The van der Waals surface area contributed by atoms with Gasteiger partial charge >= 0.3 is 5.97 Å². The summed E-state index contributed by atoms with van der Waals surface area (Å²) in [6.07, 6.45) is 1.08. The van der Waals surface area contributed by atoms with Crippen molar-refractivity contribution in [3.05, 3.63) is 71.5 Å². The molecular weight excluding hydrogens is 424 g/mol. The lowest BCUT2D eigenvalue weighted by Crippen LogP contribution is -2.15. The van der Waals surface area contributed by atoms with Gasteiger partial charge in [0.1, 0.15) is 5.82 Å². The quantitative estimate of drug-likeness (QED) is 0.382. The van der Waals surface area contributed by atoms with Gasteiger partial charge in [0, 0.05) is 18.2 Å². The molecule has 1 aromatic heterocycles. The molecule has 2 unspecified atom stereocenters. The summed E-state index contributed by atoms with van der Waals surface area (Å²) in [5.41, 5.74) is 2.42. The van der Waals surface area contributed by atoms with Crippen molar-refractivity contribution in [1.82, 2.24) is 14.8 Å². The molecule has 7 nitrogen and oxygen atoms in total. The smallest absolute Gasteiger partial charge is 0.338 e. The van der Waals surface area contributed by atoms with Crippen molar-refractivity contribution < 1.29 is 14.3 Å². The summed E-state index contributed by atoms with van der Waals surface area (Å²) in [5, 5.41) is 12.4. The first-order valence-corrected chi connectivity index (χ1v) is 11.8. The Labute approximate surface area is 191 Å². The van der Waals surface area contributed by atoms with Crippen LogP contribution in [0.15, 0.2) is 59.8 Å². The number of benzene rings is 2. The van der Waals surface area contributed by atoms with Gasteiger partial charge in [-0.05, 0) is 56.0 Å². The zero-order valence-electron chi connectivity index (χ0n) is 18.2. The molecule has 1 amide bonds. The summed E-state index contributed by atoms with van der Waals surface area (Å²) < 4.78 is 7.08. The zero-order chi connectivity index (χ0) is 22.5. The highest BCUT2D eigenvalue weighted by Gasteiger charge is 2.43. The van der Waals surface area contributed by atoms with Crippen LogP contribution in [0.5, 0.6) is 0 Å². The first kappa shape index (κ1) is 22.1. The molecular formula is C24H26N4O3S. The maximum atomic E-state index is 12.4. The molecule has 2 aromatic carbocycles. The highest BCUT2D eigenvalue weighted by Crippen LogP contribution is 2.54. The van der Waals surface area contributed by atoms with E-state index in [-0.39, 0.29) is 17.6 Å². The minimum atomic E-state index is -0.374. The predicted octanol–water partition coefficient (Wildman–Crippen LogP) is 4.48. The van der Waals surface area contributed by atoms with Crippen molar-refractivity contribution in [3.63, 3.8) is 0 Å². The summed E-state index contributed by atoms with van der Waals surface area (Å²) in [4.78, 5) is 24.1. The molecule has 1 aliphatic carbocycles. The number of amides is 1. The third-order valence-electron chi connectivity index (χ3n) is 5.42. The van der Waals surface area contributed by atoms with E-state index in [1.807, 2.05) is 6.07 Å². The van der Waals surface area contributed by atoms with Crippen LogP contribution in [0.3, 0.4) is 0 Å². The number of esters is 1. The fraction of sp³-hybridized carbons (Fsp3) is 0.333. The van der Waals surface area contributed by atoms with E-state index in [1.54, 1.807) is 31.2 Å². The molecule has 0 radical (unpaired) electrons. The molecule has 8 heteroatoms. The van der Waals surface area contributed by atoms with E-state index in [9.17, 15) is 9.59 Å². The van der Waals surface area contributed by atoms with Gasteiger partial charge in [-0.25, -0.2) is 4.79 Å². The topological polar surface area (TPSA) is 86.1 Å². The van der Waals surface area contributed by atoms with Crippen molar-refractivity contribution in [2.75, 3.05) is 17.7 Å². The van der Waals surface area contributed by atoms with Crippen LogP contribution in [0.25, 0.3) is 0 Å². The molecule has 0 bridgehead atoms. The van der Waals surface area contributed by atoms with Crippen molar-refractivity contribution in [2.45, 2.75) is 43.8 Å². The van der Waals surface area contributed by atoms with Crippen LogP contribution < -0.4 is 5.32 Å². The van der Waals surface area contributed by atoms with E-state index in [4.69, 9.17) is 4.74 Å². The summed E-state index contributed by atoms with van der Waals surface area (Å²) in [7, 11) is 0. The molecule has 1 N–H and O–H groups in total. The Morgan fingerprint density at radius 2 is 1.81 bits per heavy atom. The molecule has 1 aliphatic rings. The third-order valence-corrected chi connectivity index (χ3v) is 6.39. The molecule has 1 heterocycles. The normalized spacial score (nSPS) is 17.1. The summed E-state index contributed by atoms with van der Waals surface area (Å²) in [6, 6.07) is 17.2. The summed E-state index contributed by atoms with van der Waals surface area (Å²) in [6.45, 7) is 4.92. The lowest BCUT2D eigenvalue weighted by atomic mass is 10.1. The number of thioether (sulfide) groups is 1. The Balaban J connectivity index is 1.33. The fourth-order valence-electron chi connectivity index (χ4n) is 3.76. The number of nitrogens with zero attached hydrogens (tertiary/aromatic N) is 3. The molecule has 0 saturated heterocycles. The molecule has 1 fully saturated rings. The van der Waals surface area contributed by atoms with E-state index in [0.717, 1.165) is 23.9 Å². The van der Waals surface area contributed by atoms with E-state index >= 15 is 0 Å². The van der Waals surface area contributed by atoms with Crippen LogP contribution in [-0.2, 0) is 16.1 Å². The maximum absolute atomic E-state index is 12.4. The van der Waals surface area contributed by atoms with Crippen molar-refractivity contribution in [1.29, 1.82) is 0 Å². The number of rotatable bonds is 9. The molecule has 166 valence electrons. The van der Waals surface area contributed by atoms with Gasteiger partial charge < -0.3 is 14.6 Å². The molecule has 0 aliphatic heterocycles. The van der Waals surface area contributed by atoms with Crippen LogP contribution in [-0.4, -0.2) is 39.0 Å². The minimum absolute atomic E-state index is 0.139. The number of anilines is 1. The highest BCUT2D eigenvalue weighted by molar-refractivity contribution is 7.99. The number of carbonyl (C=O) groups excluding carboxylic acids is 2. The van der Waals surface area contributed by atoms with Crippen LogP contribution in [0.2, 0.25) is 0 Å². The van der Waals surface area contributed by atoms with E-state index < -0.39 is 0 Å². The predicted molar refractivity (Wildman–Crippen MR) is 124 cm³/mol. The van der Waals surface area contributed by atoms with Gasteiger partial charge in [-0.15, -0.1) is 10.2 Å². The van der Waals surface area contributed by atoms with E-state index in [0.29, 0.717) is 29.7 Å². The maximum Gasteiger partial charge on any atom is 0.338 e. The number of hydrogen-bond donors (Lipinski definition) is 1. The summed E-state index contributed by atoms with van der Waals surface area (Å²) in [5.74, 6) is 1.58. The van der Waals surface area contributed by atoms with Gasteiger partial charge in [-0.1, -0.05) is 42.1 Å². The Kier molecular flexibility index (Phi) is 6.90. The molecule has 2 atom stereocenters. The van der Waals surface area contributed by atoms with Gasteiger partial charge in [0.2, 0.25) is 5.91 Å². The van der Waals surface area contributed by atoms with Crippen LogP contribution in [0.1, 0.15) is 53.8 Å². The van der Waals surface area contributed by atoms with Gasteiger partial charge in [-0.2, -0.15) is 0 Å². The SMILES string of the molecule is CCOC(=O)c1ccc(NC(=O)CSc2nnc(C3CC3c3ccccc3)n2CC)cc1. The number of aromatic nitrogens is 3.